The molecule has 1 saturated carbocycles. The Morgan fingerprint density at radius 3 is 2.73 bits per heavy atom. The average molecular weight is 861 g/mol. The fourth-order valence-electron chi connectivity index (χ4n) is 11.1. The Morgan fingerprint density at radius 1 is 1.20 bits per heavy atom. The van der Waals surface area contributed by atoms with E-state index in [1.54, 1.807) is 40.7 Å². The van der Waals surface area contributed by atoms with Crippen molar-refractivity contribution in [2.75, 3.05) is 51.4 Å². The number of fused-ring (bicyclic) bond motifs is 6. The molecule has 60 heavy (non-hydrogen) atoms. The molecule has 2 fully saturated rings. The Balaban J connectivity index is 1.26. The summed E-state index contributed by atoms with van der Waals surface area (Å²) in [4.78, 5) is 44.1. The van der Waals surface area contributed by atoms with E-state index >= 15 is 0 Å². The normalized spacial score (nSPS) is 29.4. The van der Waals surface area contributed by atoms with Gasteiger partial charge in [0.25, 0.3) is 0 Å². The van der Waals surface area contributed by atoms with Gasteiger partial charge in [-0.25, -0.2) is 9.59 Å². The van der Waals surface area contributed by atoms with Gasteiger partial charge in [-0.2, -0.15) is 0 Å². The van der Waals surface area contributed by atoms with E-state index < -0.39 is 34.1 Å². The van der Waals surface area contributed by atoms with E-state index in [0.717, 1.165) is 65.6 Å². The first-order valence-electron chi connectivity index (χ1n) is 21.6. The fourth-order valence-corrected chi connectivity index (χ4v) is 13.6. The highest BCUT2D eigenvalue weighted by molar-refractivity contribution is 8.76. The van der Waals surface area contributed by atoms with E-state index in [-0.39, 0.29) is 37.5 Å². The molecule has 0 unspecified atom stereocenters. The van der Waals surface area contributed by atoms with Gasteiger partial charge < -0.3 is 45.4 Å². The van der Waals surface area contributed by atoms with Crippen molar-refractivity contribution < 1.29 is 33.7 Å². The average Bonchev–Trinajstić information content (AvgIpc) is 3.86. The predicted molar refractivity (Wildman–Crippen MR) is 236 cm³/mol. The lowest BCUT2D eigenvalue weighted by Gasteiger charge is -2.53. The molecule has 324 valence electrons. The van der Waals surface area contributed by atoms with E-state index in [4.69, 9.17) is 19.6 Å². The van der Waals surface area contributed by atoms with Gasteiger partial charge in [-0.15, -0.1) is 0 Å². The minimum Gasteiger partial charge on any atom is -0.481 e. The number of amides is 1. The van der Waals surface area contributed by atoms with E-state index in [0.29, 0.717) is 78.7 Å². The lowest BCUT2D eigenvalue weighted by molar-refractivity contribution is -0.186. The van der Waals surface area contributed by atoms with Gasteiger partial charge in [-0.3, -0.25) is 4.79 Å². The zero-order valence-electron chi connectivity index (χ0n) is 35.3. The van der Waals surface area contributed by atoms with Crippen LogP contribution in [0.3, 0.4) is 0 Å². The van der Waals surface area contributed by atoms with Crippen molar-refractivity contribution in [1.29, 1.82) is 0 Å². The third-order valence-electron chi connectivity index (χ3n) is 14.6. The Morgan fingerprint density at radius 2 is 2.00 bits per heavy atom. The topological polar surface area (TPSA) is 177 Å². The summed E-state index contributed by atoms with van der Waals surface area (Å²) >= 11 is 0. The highest BCUT2D eigenvalue weighted by Crippen LogP contribution is 2.58. The molecule has 2 aliphatic carbocycles. The minimum atomic E-state index is -1.18. The van der Waals surface area contributed by atoms with Crippen molar-refractivity contribution in [1.82, 2.24) is 15.5 Å². The molecule has 12 nitrogen and oxygen atoms in total. The number of hydrogen-bond acceptors (Lipinski definition) is 13. The van der Waals surface area contributed by atoms with Gasteiger partial charge in [-0.05, 0) is 94.3 Å². The number of aliphatic hydroxyl groups excluding tert-OH is 2. The second-order valence-corrected chi connectivity index (χ2v) is 20.4. The molecule has 4 aliphatic heterocycles. The number of rotatable bonds is 10. The van der Waals surface area contributed by atoms with Crippen LogP contribution in [0.5, 0.6) is 5.75 Å². The number of dihydropyridines is 1. The van der Waals surface area contributed by atoms with Crippen molar-refractivity contribution in [3.63, 3.8) is 0 Å². The smallest absolute Gasteiger partial charge is 0.340 e. The molecule has 8 rings (SSSR count). The van der Waals surface area contributed by atoms with Crippen molar-refractivity contribution in [2.24, 2.45) is 23.5 Å². The van der Waals surface area contributed by atoms with Crippen LogP contribution in [0.1, 0.15) is 83.3 Å². The molecule has 5 heterocycles. The molecular weight excluding hydrogens is 801 g/mol. The maximum Gasteiger partial charge on any atom is 0.340 e. The number of ether oxygens (including phenoxy) is 2. The molecule has 6 atom stereocenters. The summed E-state index contributed by atoms with van der Waals surface area (Å²) in [5, 5.41) is 27.7. The summed E-state index contributed by atoms with van der Waals surface area (Å²) in [7, 11) is 5.52. The van der Waals surface area contributed by atoms with Crippen LogP contribution in [0.4, 0.5) is 0 Å². The van der Waals surface area contributed by atoms with Crippen LogP contribution in [-0.4, -0.2) is 95.6 Å². The van der Waals surface area contributed by atoms with Crippen LogP contribution in [0.15, 0.2) is 73.8 Å². The van der Waals surface area contributed by atoms with Gasteiger partial charge in [0.05, 0.1) is 18.2 Å². The van der Waals surface area contributed by atoms with Crippen molar-refractivity contribution in [3.05, 3.63) is 86.1 Å². The first-order chi connectivity index (χ1) is 28.9. The quantitative estimate of drug-likeness (QED) is 0.0676. The molecule has 0 bridgehead atoms. The van der Waals surface area contributed by atoms with E-state index in [9.17, 15) is 24.6 Å². The maximum atomic E-state index is 14.2. The molecule has 6 N–H and O–H groups in total. The Kier molecular flexibility index (Phi) is 12.3. The number of nitrogens with one attached hydrogen (secondary N) is 2. The number of benzene rings is 1. The predicted octanol–water partition coefficient (Wildman–Crippen LogP) is 5.41. The molecule has 1 amide bonds. The van der Waals surface area contributed by atoms with Crippen LogP contribution < -0.4 is 26.7 Å². The molecule has 1 spiro atoms. The molecule has 0 radical (unpaired) electrons. The molecule has 6 aliphatic rings. The van der Waals surface area contributed by atoms with E-state index in [2.05, 4.69) is 16.7 Å². The van der Waals surface area contributed by atoms with Crippen LogP contribution in [0, 0.1) is 17.8 Å². The Labute approximate surface area is 360 Å². The molecule has 1 saturated heterocycles. The van der Waals surface area contributed by atoms with E-state index in [1.807, 2.05) is 44.0 Å². The number of carbonyl (C=O) groups is 2. The fraction of sp³-hybridized carbons (Fsp3) is 0.587. The number of nitrogens with zero attached hydrogens (tertiary/aromatic N) is 1. The number of hydrogen-bond donors (Lipinski definition) is 5. The first kappa shape index (κ1) is 43.0. The number of nitrogens with two attached hydrogens (primary N) is 1. The molecule has 14 heteroatoms. The van der Waals surface area contributed by atoms with Crippen LogP contribution in [0.25, 0.3) is 11.0 Å². The van der Waals surface area contributed by atoms with Gasteiger partial charge in [0.15, 0.2) is 11.2 Å². The van der Waals surface area contributed by atoms with Crippen LogP contribution >= 0.6 is 21.6 Å². The number of esters is 1. The maximum absolute atomic E-state index is 14.2. The monoisotopic (exact) mass is 860 g/mol. The largest absolute Gasteiger partial charge is 0.481 e. The lowest BCUT2D eigenvalue weighted by atomic mass is 9.61. The second-order valence-electron chi connectivity index (χ2n) is 17.9. The Hall–Kier alpha value is -3.69. The van der Waals surface area contributed by atoms with Gasteiger partial charge in [0.1, 0.15) is 11.3 Å². The number of carbonyl (C=O) groups excluding carboxylic acids is 2. The Bertz CT molecular complexity index is 2210. The standard InChI is InChI=1S/C46H60N4O8S2/c1-5-27(2)42(54)58-44(3)13-10-28-25-59-60-26-36-32(21-48-4)23-50(36)40(53)17-31-22-49-39(47)18-34(31)41(28)46(44)20-30-15-29-16-35(43(55)56-37(29)19-38(30)57-46)45(11-6-7-12-45)33(24-52)9-8-14-51/h5,10,15-16,18-19,32-33,36,41,48-49,51-52H,6-9,11-14,17,20-26,47H2,1-4H3/b27-5+/t32-,33+,36-,41+,44-,46-/m1/s1. The highest BCUT2D eigenvalue weighted by atomic mass is 33.1. The summed E-state index contributed by atoms with van der Waals surface area (Å²) in [6, 6.07) is 5.96. The summed E-state index contributed by atoms with van der Waals surface area (Å²) in [6.07, 6.45) is 11.5. The summed E-state index contributed by atoms with van der Waals surface area (Å²) in [5.74, 6) is 1.97. The van der Waals surface area contributed by atoms with Crippen molar-refractivity contribution in [2.45, 2.75) is 101 Å². The highest BCUT2D eigenvalue weighted by Gasteiger charge is 2.64. The van der Waals surface area contributed by atoms with Crippen LogP contribution in [0.2, 0.25) is 0 Å². The second kappa shape index (κ2) is 17.2. The summed E-state index contributed by atoms with van der Waals surface area (Å²) in [5.41, 5.74) is 8.58. The van der Waals surface area contributed by atoms with Gasteiger partial charge >= 0.3 is 11.6 Å². The lowest BCUT2D eigenvalue weighted by Crippen LogP contribution is -2.65. The zero-order valence-corrected chi connectivity index (χ0v) is 36.9. The molecule has 1 aromatic heterocycles. The van der Waals surface area contributed by atoms with Gasteiger partial charge in [-0.1, -0.05) is 52.2 Å². The van der Waals surface area contributed by atoms with Gasteiger partial charge in [0, 0.05) is 97.2 Å². The van der Waals surface area contributed by atoms with E-state index in [1.165, 1.54) is 0 Å². The third-order valence-corrected chi connectivity index (χ3v) is 16.9. The SMILES string of the molecule is C/C=C(\C)C(=O)O[C@]1(C)CC=C2CSSC[C@@H]3[C@H](CNC)CN3C(=O)CC3=C(C=C(N)NC3)[C@H]2[C@]12Cc1cc3cc(C4([C@H](CO)CCCO)CCCC4)c(=O)oc3cc1O2. The van der Waals surface area contributed by atoms with Crippen molar-refractivity contribution >= 4 is 44.4 Å². The summed E-state index contributed by atoms with van der Waals surface area (Å²) in [6.45, 7) is 7.44. The first-order valence-corrected chi connectivity index (χ1v) is 24.1. The molecular formula is C46H60N4O8S2. The third kappa shape index (κ3) is 7.41. The number of allylic oxidation sites excluding steroid dienone is 2. The minimum absolute atomic E-state index is 0.0225. The van der Waals surface area contributed by atoms with Crippen LogP contribution in [-0.2, 0) is 26.2 Å². The molecule has 1 aromatic carbocycles. The zero-order chi connectivity index (χ0) is 42.4. The number of aliphatic hydroxyl groups is 2. The van der Waals surface area contributed by atoms with Gasteiger partial charge in [0.2, 0.25) is 5.91 Å². The van der Waals surface area contributed by atoms with Crippen molar-refractivity contribution in [3.8, 4) is 5.75 Å². The summed E-state index contributed by atoms with van der Waals surface area (Å²) < 4.78 is 20.2. The molecule has 2 aromatic rings.